The molecule has 2 atom stereocenters. The lowest BCUT2D eigenvalue weighted by Crippen LogP contribution is -2.38. The van der Waals surface area contributed by atoms with Gasteiger partial charge in [-0.1, -0.05) is 19.1 Å². The second kappa shape index (κ2) is 6.62. The average Bonchev–Trinajstić information content (AvgIpc) is 2.31. The van der Waals surface area contributed by atoms with Crippen LogP contribution in [-0.4, -0.2) is 36.3 Å². The van der Waals surface area contributed by atoms with Crippen LogP contribution in [0.25, 0.3) is 0 Å². The van der Waals surface area contributed by atoms with Crippen LogP contribution >= 0.6 is 0 Å². The maximum Gasteiger partial charge on any atom is 0.115 e. The van der Waals surface area contributed by atoms with Gasteiger partial charge in [0.25, 0.3) is 0 Å². The summed E-state index contributed by atoms with van der Waals surface area (Å²) in [5.41, 5.74) is 1.22. The quantitative estimate of drug-likeness (QED) is 0.825. The molecule has 17 heavy (non-hydrogen) atoms. The van der Waals surface area contributed by atoms with Crippen molar-refractivity contribution in [3.05, 3.63) is 29.8 Å². The molecule has 0 heterocycles. The molecule has 0 spiro atoms. The molecule has 96 valence electrons. The Morgan fingerprint density at radius 2 is 1.82 bits per heavy atom. The van der Waals surface area contributed by atoms with Crippen molar-refractivity contribution in [2.24, 2.45) is 0 Å². The third-order valence-electron chi connectivity index (χ3n) is 3.21. The summed E-state index contributed by atoms with van der Waals surface area (Å²) in [4.78, 5) is 2.38. The Labute approximate surface area is 104 Å². The number of phenolic OH excluding ortho intramolecular Hbond substituents is 1. The van der Waals surface area contributed by atoms with Crippen LogP contribution in [0.15, 0.2) is 24.3 Å². The normalized spacial score (nSPS) is 14.9. The van der Waals surface area contributed by atoms with E-state index in [9.17, 15) is 5.11 Å². The predicted octanol–water partition coefficient (Wildman–Crippen LogP) is 2.81. The number of benzene rings is 1. The van der Waals surface area contributed by atoms with E-state index < -0.39 is 0 Å². The summed E-state index contributed by atoms with van der Waals surface area (Å²) in [5, 5.41) is 9.29. The Bertz CT molecular complexity index is 323. The van der Waals surface area contributed by atoms with Crippen molar-refractivity contribution in [2.45, 2.75) is 32.9 Å². The Kier molecular flexibility index (Phi) is 5.45. The molecule has 2 unspecified atom stereocenters. The highest BCUT2D eigenvalue weighted by atomic mass is 16.5. The van der Waals surface area contributed by atoms with E-state index in [0.717, 1.165) is 13.2 Å². The third-order valence-corrected chi connectivity index (χ3v) is 3.21. The molecule has 0 saturated carbocycles. The van der Waals surface area contributed by atoms with E-state index in [2.05, 4.69) is 25.7 Å². The number of likely N-dealkylation sites (N-methyl/N-ethyl adjacent to an activating group) is 1. The molecule has 1 aromatic rings. The van der Waals surface area contributed by atoms with Crippen molar-refractivity contribution in [2.75, 3.05) is 20.3 Å². The molecule has 1 rings (SSSR count). The van der Waals surface area contributed by atoms with Crippen LogP contribution in [0.3, 0.4) is 0 Å². The van der Waals surface area contributed by atoms with E-state index in [4.69, 9.17) is 4.74 Å². The molecule has 0 aliphatic rings. The van der Waals surface area contributed by atoms with Crippen LogP contribution < -0.4 is 0 Å². The number of hydrogen-bond acceptors (Lipinski definition) is 3. The van der Waals surface area contributed by atoms with Gasteiger partial charge in [0.05, 0.1) is 6.61 Å². The van der Waals surface area contributed by atoms with E-state index in [1.807, 2.05) is 12.1 Å². The SMILES string of the molecule is CCN(C(C)COC)C(C)c1ccc(O)cc1. The standard InChI is InChI=1S/C14H23NO2/c1-5-15(11(2)10-17-4)12(3)13-6-8-14(16)9-7-13/h6-9,11-12,16H,5,10H2,1-4H3. The van der Waals surface area contributed by atoms with Crippen molar-refractivity contribution in [3.63, 3.8) is 0 Å². The maximum absolute atomic E-state index is 9.29. The van der Waals surface area contributed by atoms with Crippen LogP contribution in [0.5, 0.6) is 5.75 Å². The molecule has 0 aliphatic carbocycles. The molecular weight excluding hydrogens is 214 g/mol. The molecule has 0 radical (unpaired) electrons. The Morgan fingerprint density at radius 3 is 2.29 bits per heavy atom. The summed E-state index contributed by atoms with van der Waals surface area (Å²) in [6, 6.07) is 8.13. The topological polar surface area (TPSA) is 32.7 Å². The fourth-order valence-electron chi connectivity index (χ4n) is 2.25. The van der Waals surface area contributed by atoms with E-state index in [-0.39, 0.29) is 0 Å². The number of ether oxygens (including phenoxy) is 1. The first-order valence-corrected chi connectivity index (χ1v) is 6.13. The van der Waals surface area contributed by atoms with E-state index in [1.54, 1.807) is 19.2 Å². The molecule has 0 bridgehead atoms. The monoisotopic (exact) mass is 237 g/mol. The second-order valence-corrected chi connectivity index (χ2v) is 4.40. The minimum atomic E-state index is 0.314. The van der Waals surface area contributed by atoms with Gasteiger partial charge in [-0.25, -0.2) is 0 Å². The first kappa shape index (κ1) is 14.0. The summed E-state index contributed by atoms with van der Waals surface area (Å²) in [6.45, 7) is 8.22. The highest BCUT2D eigenvalue weighted by molar-refractivity contribution is 5.27. The first-order chi connectivity index (χ1) is 8.10. The molecule has 3 nitrogen and oxygen atoms in total. The van der Waals surface area contributed by atoms with Gasteiger partial charge in [-0.2, -0.15) is 0 Å². The van der Waals surface area contributed by atoms with Crippen LogP contribution in [0.2, 0.25) is 0 Å². The molecule has 1 aromatic carbocycles. The average molecular weight is 237 g/mol. The van der Waals surface area contributed by atoms with Crippen LogP contribution in [0.4, 0.5) is 0 Å². The van der Waals surface area contributed by atoms with Crippen molar-refractivity contribution in [1.82, 2.24) is 4.90 Å². The van der Waals surface area contributed by atoms with Gasteiger partial charge in [-0.05, 0) is 38.1 Å². The second-order valence-electron chi connectivity index (χ2n) is 4.40. The summed E-state index contributed by atoms with van der Waals surface area (Å²) in [7, 11) is 1.73. The summed E-state index contributed by atoms with van der Waals surface area (Å²) in [5.74, 6) is 0.314. The highest BCUT2D eigenvalue weighted by Crippen LogP contribution is 2.23. The Hall–Kier alpha value is -1.06. The molecule has 0 saturated heterocycles. The van der Waals surface area contributed by atoms with Gasteiger partial charge in [-0.3, -0.25) is 4.90 Å². The minimum Gasteiger partial charge on any atom is -0.508 e. The lowest BCUT2D eigenvalue weighted by molar-refractivity contribution is 0.0782. The van der Waals surface area contributed by atoms with Gasteiger partial charge in [0.15, 0.2) is 0 Å². The fourth-order valence-corrected chi connectivity index (χ4v) is 2.25. The zero-order valence-corrected chi connectivity index (χ0v) is 11.2. The van der Waals surface area contributed by atoms with E-state index in [0.29, 0.717) is 17.8 Å². The number of nitrogens with zero attached hydrogens (tertiary/aromatic N) is 1. The largest absolute Gasteiger partial charge is 0.508 e. The minimum absolute atomic E-state index is 0.314. The van der Waals surface area contributed by atoms with Gasteiger partial charge in [0.2, 0.25) is 0 Å². The molecular formula is C14H23NO2. The molecule has 0 amide bonds. The highest BCUT2D eigenvalue weighted by Gasteiger charge is 2.19. The number of aromatic hydroxyl groups is 1. The van der Waals surface area contributed by atoms with Gasteiger partial charge in [-0.15, -0.1) is 0 Å². The van der Waals surface area contributed by atoms with Crippen molar-refractivity contribution in [1.29, 1.82) is 0 Å². The van der Waals surface area contributed by atoms with Crippen molar-refractivity contribution in [3.8, 4) is 5.75 Å². The van der Waals surface area contributed by atoms with E-state index in [1.165, 1.54) is 5.56 Å². The lowest BCUT2D eigenvalue weighted by Gasteiger charge is -2.33. The number of phenols is 1. The smallest absolute Gasteiger partial charge is 0.115 e. The number of hydrogen-bond donors (Lipinski definition) is 1. The lowest BCUT2D eigenvalue weighted by atomic mass is 10.1. The van der Waals surface area contributed by atoms with Crippen molar-refractivity contribution < 1.29 is 9.84 Å². The van der Waals surface area contributed by atoms with Crippen molar-refractivity contribution >= 4 is 0 Å². The number of rotatable bonds is 6. The van der Waals surface area contributed by atoms with Gasteiger partial charge >= 0.3 is 0 Å². The van der Waals surface area contributed by atoms with Crippen LogP contribution in [0.1, 0.15) is 32.4 Å². The fraction of sp³-hybridized carbons (Fsp3) is 0.571. The molecule has 0 aliphatic heterocycles. The van der Waals surface area contributed by atoms with Gasteiger partial charge in [0, 0.05) is 19.2 Å². The van der Waals surface area contributed by atoms with Crippen LogP contribution in [0, 0.1) is 0 Å². The molecule has 3 heteroatoms. The van der Waals surface area contributed by atoms with E-state index >= 15 is 0 Å². The summed E-state index contributed by atoms with van der Waals surface area (Å²) in [6.07, 6.45) is 0. The molecule has 1 N–H and O–H groups in total. The summed E-state index contributed by atoms with van der Waals surface area (Å²) >= 11 is 0. The Morgan fingerprint density at radius 1 is 1.24 bits per heavy atom. The number of methoxy groups -OCH3 is 1. The molecule has 0 fully saturated rings. The zero-order valence-electron chi connectivity index (χ0n) is 11.2. The predicted molar refractivity (Wildman–Crippen MR) is 70.2 cm³/mol. The van der Waals surface area contributed by atoms with Gasteiger partial charge in [0.1, 0.15) is 5.75 Å². The first-order valence-electron chi connectivity index (χ1n) is 6.13. The summed E-state index contributed by atoms with van der Waals surface area (Å²) < 4.78 is 5.21. The third kappa shape index (κ3) is 3.72. The maximum atomic E-state index is 9.29. The molecule has 0 aromatic heterocycles. The van der Waals surface area contributed by atoms with Crippen LogP contribution in [-0.2, 0) is 4.74 Å². The van der Waals surface area contributed by atoms with Gasteiger partial charge < -0.3 is 9.84 Å². The Balaban J connectivity index is 2.78. The zero-order chi connectivity index (χ0) is 12.8.